The summed E-state index contributed by atoms with van der Waals surface area (Å²) in [4.78, 5) is 0. The lowest BCUT2D eigenvalue weighted by Gasteiger charge is -1.97. The fraction of sp³-hybridized carbons (Fsp3) is 0.600. The van der Waals surface area contributed by atoms with Gasteiger partial charge in [-0.3, -0.25) is 0 Å². The lowest BCUT2D eigenvalue weighted by atomic mass is 10.1. The topological polar surface area (TPSA) is 0 Å². The van der Waals surface area contributed by atoms with E-state index in [1.807, 2.05) is 0 Å². The molecule has 0 N–H and O–H groups in total. The zero-order valence-corrected chi connectivity index (χ0v) is 10.1. The Morgan fingerprint density at radius 1 is 0.800 bits per heavy atom. The first kappa shape index (κ1) is 14.2. The van der Waals surface area contributed by atoms with Crippen LogP contribution in [0.3, 0.4) is 0 Å². The van der Waals surface area contributed by atoms with E-state index < -0.39 is 0 Å². The molecular weight excluding hydrogens is 180 g/mol. The van der Waals surface area contributed by atoms with E-state index in [1.54, 1.807) is 6.08 Å². The second-order valence-corrected chi connectivity index (χ2v) is 3.86. The van der Waals surface area contributed by atoms with Gasteiger partial charge in [0.2, 0.25) is 0 Å². The molecular formula is C15H25. The van der Waals surface area contributed by atoms with Crippen molar-refractivity contribution in [3.8, 4) is 0 Å². The van der Waals surface area contributed by atoms with Gasteiger partial charge in [-0.25, -0.2) is 0 Å². The highest BCUT2D eigenvalue weighted by Crippen LogP contribution is 2.07. The Morgan fingerprint density at radius 2 is 1.47 bits per heavy atom. The molecule has 0 aromatic heterocycles. The highest BCUT2D eigenvalue weighted by Gasteiger charge is 1.88. The van der Waals surface area contributed by atoms with Crippen molar-refractivity contribution in [1.82, 2.24) is 0 Å². The van der Waals surface area contributed by atoms with Crippen LogP contribution in [0.5, 0.6) is 0 Å². The van der Waals surface area contributed by atoms with Crippen molar-refractivity contribution >= 4 is 0 Å². The highest BCUT2D eigenvalue weighted by atomic mass is 13.9. The molecule has 85 valence electrons. The van der Waals surface area contributed by atoms with Crippen molar-refractivity contribution in [2.45, 2.75) is 58.3 Å². The molecule has 0 spiro atoms. The number of rotatable bonds is 10. The van der Waals surface area contributed by atoms with E-state index in [9.17, 15) is 0 Å². The quantitative estimate of drug-likeness (QED) is 0.338. The Bertz CT molecular complexity index is 174. The van der Waals surface area contributed by atoms with Gasteiger partial charge in [0.05, 0.1) is 0 Å². The van der Waals surface area contributed by atoms with Crippen molar-refractivity contribution in [2.24, 2.45) is 0 Å². The summed E-state index contributed by atoms with van der Waals surface area (Å²) in [6, 6.07) is 0. The summed E-state index contributed by atoms with van der Waals surface area (Å²) in [6.45, 7) is 7.37. The van der Waals surface area contributed by atoms with Gasteiger partial charge < -0.3 is 0 Å². The summed E-state index contributed by atoms with van der Waals surface area (Å²) < 4.78 is 0. The van der Waals surface area contributed by atoms with E-state index in [0.29, 0.717) is 0 Å². The molecule has 0 heteroatoms. The molecule has 0 rings (SSSR count). The van der Waals surface area contributed by atoms with Crippen LogP contribution >= 0.6 is 0 Å². The summed E-state index contributed by atoms with van der Waals surface area (Å²) in [5.74, 6) is 0. The number of allylic oxidation sites excluding steroid dienone is 5. The van der Waals surface area contributed by atoms with Crippen molar-refractivity contribution in [3.63, 3.8) is 0 Å². The zero-order valence-electron chi connectivity index (χ0n) is 10.1. The van der Waals surface area contributed by atoms with Gasteiger partial charge in [-0.1, -0.05) is 56.2 Å². The Kier molecular flexibility index (Phi) is 12.5. The van der Waals surface area contributed by atoms with E-state index in [1.165, 1.54) is 38.5 Å². The van der Waals surface area contributed by atoms with Crippen LogP contribution in [-0.4, -0.2) is 0 Å². The van der Waals surface area contributed by atoms with Crippen LogP contribution in [-0.2, 0) is 0 Å². The van der Waals surface area contributed by atoms with Crippen molar-refractivity contribution in [3.05, 3.63) is 37.0 Å². The fourth-order valence-electron chi connectivity index (χ4n) is 1.48. The number of unbranched alkanes of at least 4 members (excludes halogenated alkanes) is 6. The van der Waals surface area contributed by atoms with Gasteiger partial charge in [0.25, 0.3) is 0 Å². The van der Waals surface area contributed by atoms with Gasteiger partial charge in [-0.2, -0.15) is 0 Å². The van der Waals surface area contributed by atoms with E-state index in [4.69, 9.17) is 6.58 Å². The molecule has 0 aromatic rings. The van der Waals surface area contributed by atoms with Gasteiger partial charge >= 0.3 is 0 Å². The Morgan fingerprint density at radius 3 is 2.13 bits per heavy atom. The summed E-state index contributed by atoms with van der Waals surface area (Å²) in [7, 11) is 0. The van der Waals surface area contributed by atoms with Gasteiger partial charge in [0.15, 0.2) is 0 Å². The third kappa shape index (κ3) is 13.2. The second-order valence-electron chi connectivity index (χ2n) is 3.86. The predicted octanol–water partition coefficient (Wildman–Crippen LogP) is 5.23. The highest BCUT2D eigenvalue weighted by molar-refractivity contribution is 4.91. The lowest BCUT2D eigenvalue weighted by molar-refractivity contribution is 0.622. The van der Waals surface area contributed by atoms with E-state index in [2.05, 4.69) is 31.2 Å². The summed E-state index contributed by atoms with van der Waals surface area (Å²) in [5.41, 5.74) is 0. The minimum atomic E-state index is 1.07. The molecule has 15 heavy (non-hydrogen) atoms. The molecule has 0 fully saturated rings. The predicted molar refractivity (Wildman–Crippen MR) is 69.8 cm³/mol. The molecule has 0 aromatic carbocycles. The Labute approximate surface area is 95.8 Å². The monoisotopic (exact) mass is 205 g/mol. The van der Waals surface area contributed by atoms with E-state index in [0.717, 1.165) is 12.8 Å². The molecule has 0 aliphatic heterocycles. The fourth-order valence-corrected chi connectivity index (χ4v) is 1.48. The van der Waals surface area contributed by atoms with Gasteiger partial charge in [0.1, 0.15) is 0 Å². The maximum Gasteiger partial charge on any atom is -0.0169 e. The minimum absolute atomic E-state index is 1.07. The van der Waals surface area contributed by atoms with Crippen LogP contribution in [0.15, 0.2) is 30.4 Å². The average molecular weight is 205 g/mol. The SMILES string of the molecule is [CH]=CCCCCCCCC=CCC=CC. The maximum absolute atomic E-state index is 5.31. The lowest BCUT2D eigenvalue weighted by Crippen LogP contribution is -1.77. The first-order valence-electron chi connectivity index (χ1n) is 6.21. The van der Waals surface area contributed by atoms with Crippen LogP contribution in [0.2, 0.25) is 0 Å². The summed E-state index contributed by atoms with van der Waals surface area (Å²) in [6.07, 6.45) is 20.6. The summed E-state index contributed by atoms with van der Waals surface area (Å²) in [5, 5.41) is 0. The Hall–Kier alpha value is -0.780. The van der Waals surface area contributed by atoms with Gasteiger partial charge in [-0.05, 0) is 39.0 Å². The molecule has 0 aliphatic carbocycles. The van der Waals surface area contributed by atoms with E-state index in [-0.39, 0.29) is 0 Å². The van der Waals surface area contributed by atoms with Crippen LogP contribution < -0.4 is 0 Å². The van der Waals surface area contributed by atoms with Crippen LogP contribution in [0, 0.1) is 6.58 Å². The molecule has 0 bridgehead atoms. The molecule has 0 heterocycles. The smallest absolute Gasteiger partial charge is 0.0169 e. The largest absolute Gasteiger partial charge is 0.0914 e. The van der Waals surface area contributed by atoms with Crippen LogP contribution in [0.1, 0.15) is 58.3 Å². The maximum atomic E-state index is 5.31. The third-order valence-electron chi connectivity index (χ3n) is 2.42. The van der Waals surface area contributed by atoms with Crippen molar-refractivity contribution < 1.29 is 0 Å². The van der Waals surface area contributed by atoms with Gasteiger partial charge in [0, 0.05) is 0 Å². The minimum Gasteiger partial charge on any atom is -0.0914 e. The number of hydrogen-bond acceptors (Lipinski definition) is 0. The molecule has 1 radical (unpaired) electrons. The molecule has 0 atom stereocenters. The molecule has 0 unspecified atom stereocenters. The molecule has 0 nitrogen and oxygen atoms in total. The molecule has 0 saturated heterocycles. The molecule has 0 amide bonds. The van der Waals surface area contributed by atoms with Crippen molar-refractivity contribution in [2.75, 3.05) is 0 Å². The van der Waals surface area contributed by atoms with Crippen LogP contribution in [0.4, 0.5) is 0 Å². The standard InChI is InChI=1S/C15H25/c1-3-5-7-9-11-13-15-14-12-10-8-6-4-2/h1,3-4,6,10,12H,5,7-9,11,13-15H2,2H3. The average Bonchev–Trinajstić information content (AvgIpc) is 2.26. The second kappa shape index (κ2) is 13.2. The Balaban J connectivity index is 3.04. The summed E-state index contributed by atoms with van der Waals surface area (Å²) >= 11 is 0. The zero-order chi connectivity index (χ0) is 11.2. The van der Waals surface area contributed by atoms with E-state index >= 15 is 0 Å². The third-order valence-corrected chi connectivity index (χ3v) is 2.42. The van der Waals surface area contributed by atoms with Gasteiger partial charge in [-0.15, -0.1) is 0 Å². The first-order chi connectivity index (χ1) is 7.41. The molecule has 0 aliphatic rings. The number of hydrogen-bond donors (Lipinski definition) is 0. The first-order valence-corrected chi connectivity index (χ1v) is 6.21. The van der Waals surface area contributed by atoms with Crippen molar-refractivity contribution in [1.29, 1.82) is 0 Å². The molecule has 0 saturated carbocycles. The normalized spacial score (nSPS) is 11.5. The van der Waals surface area contributed by atoms with Crippen LogP contribution in [0.25, 0.3) is 0 Å².